The van der Waals surface area contributed by atoms with Gasteiger partial charge in [-0.25, -0.2) is 0 Å². The first-order valence-corrected chi connectivity index (χ1v) is 5.70. The number of hydrogen-bond donors (Lipinski definition) is 2. The second-order valence-corrected chi connectivity index (χ2v) is 4.86. The topological polar surface area (TPSA) is 46.1 Å². The number of nitrogens with zero attached hydrogens (tertiary/aromatic N) is 1. The van der Waals surface area contributed by atoms with Gasteiger partial charge >= 0.3 is 0 Å². The molecule has 2 heterocycles. The standard InChI is InChI=1S/C12H19N3O/c1-12(4-5-13-9-12)11(16)14-7-10-3-6-15(2)8-10/h3,6,8,13H,4-5,7,9H2,1-2H3,(H,14,16). The van der Waals surface area contributed by atoms with Gasteiger partial charge in [0.15, 0.2) is 0 Å². The molecule has 4 heteroatoms. The van der Waals surface area contributed by atoms with Gasteiger partial charge in [-0.3, -0.25) is 4.79 Å². The molecule has 1 aliphatic rings. The average Bonchev–Trinajstić information content (AvgIpc) is 2.85. The van der Waals surface area contributed by atoms with Crippen LogP contribution in [0.15, 0.2) is 18.5 Å². The average molecular weight is 221 g/mol. The molecule has 0 radical (unpaired) electrons. The first-order chi connectivity index (χ1) is 7.60. The van der Waals surface area contributed by atoms with E-state index in [1.807, 2.05) is 37.0 Å². The van der Waals surface area contributed by atoms with Crippen molar-refractivity contribution in [2.45, 2.75) is 19.9 Å². The summed E-state index contributed by atoms with van der Waals surface area (Å²) in [7, 11) is 1.98. The van der Waals surface area contributed by atoms with Crippen molar-refractivity contribution in [1.29, 1.82) is 0 Å². The van der Waals surface area contributed by atoms with Crippen molar-refractivity contribution in [2.75, 3.05) is 13.1 Å². The summed E-state index contributed by atoms with van der Waals surface area (Å²) in [5.74, 6) is 0.154. The first-order valence-electron chi connectivity index (χ1n) is 5.70. The molecular weight excluding hydrogens is 202 g/mol. The van der Waals surface area contributed by atoms with Crippen LogP contribution >= 0.6 is 0 Å². The third-order valence-electron chi connectivity index (χ3n) is 3.26. The predicted molar refractivity (Wildman–Crippen MR) is 62.9 cm³/mol. The predicted octanol–water partition coefficient (Wildman–Crippen LogP) is 0.641. The Morgan fingerprint density at radius 1 is 1.69 bits per heavy atom. The number of carbonyl (C=O) groups excluding carboxylic acids is 1. The van der Waals surface area contributed by atoms with Crippen LogP contribution in [0.5, 0.6) is 0 Å². The summed E-state index contributed by atoms with van der Waals surface area (Å²) in [6, 6.07) is 2.02. The number of amides is 1. The highest BCUT2D eigenvalue weighted by Crippen LogP contribution is 2.24. The van der Waals surface area contributed by atoms with E-state index in [-0.39, 0.29) is 11.3 Å². The number of rotatable bonds is 3. The molecule has 1 atom stereocenters. The van der Waals surface area contributed by atoms with Crippen molar-refractivity contribution < 1.29 is 4.79 Å². The molecule has 88 valence electrons. The summed E-state index contributed by atoms with van der Waals surface area (Å²) in [5.41, 5.74) is 0.916. The quantitative estimate of drug-likeness (QED) is 0.787. The fourth-order valence-electron chi connectivity index (χ4n) is 2.07. The van der Waals surface area contributed by atoms with Crippen molar-refractivity contribution >= 4 is 5.91 Å². The summed E-state index contributed by atoms with van der Waals surface area (Å²) in [4.78, 5) is 12.0. The molecule has 1 unspecified atom stereocenters. The normalized spacial score (nSPS) is 24.6. The molecule has 0 saturated carbocycles. The van der Waals surface area contributed by atoms with Crippen LogP contribution in [-0.2, 0) is 18.4 Å². The van der Waals surface area contributed by atoms with Crippen molar-refractivity contribution in [3.63, 3.8) is 0 Å². The number of hydrogen-bond acceptors (Lipinski definition) is 2. The van der Waals surface area contributed by atoms with Crippen molar-refractivity contribution in [3.8, 4) is 0 Å². The third kappa shape index (κ3) is 2.27. The van der Waals surface area contributed by atoms with Crippen LogP contribution in [0.1, 0.15) is 18.9 Å². The van der Waals surface area contributed by atoms with Crippen LogP contribution in [0.2, 0.25) is 0 Å². The highest BCUT2D eigenvalue weighted by Gasteiger charge is 2.35. The van der Waals surface area contributed by atoms with Gasteiger partial charge in [0.1, 0.15) is 0 Å². The van der Waals surface area contributed by atoms with Gasteiger partial charge in [-0.2, -0.15) is 0 Å². The lowest BCUT2D eigenvalue weighted by Crippen LogP contribution is -2.39. The SMILES string of the molecule is Cn1ccc(CNC(=O)C2(C)CCNC2)c1. The van der Waals surface area contributed by atoms with Crippen LogP contribution in [0, 0.1) is 5.41 Å². The lowest BCUT2D eigenvalue weighted by atomic mass is 9.89. The van der Waals surface area contributed by atoms with Gasteiger partial charge in [0.05, 0.1) is 5.41 Å². The minimum absolute atomic E-state index is 0.154. The smallest absolute Gasteiger partial charge is 0.227 e. The van der Waals surface area contributed by atoms with Crippen LogP contribution in [0.3, 0.4) is 0 Å². The molecule has 1 aromatic heterocycles. The monoisotopic (exact) mass is 221 g/mol. The second-order valence-electron chi connectivity index (χ2n) is 4.86. The molecular formula is C12H19N3O. The Balaban J connectivity index is 1.88. The Morgan fingerprint density at radius 2 is 2.50 bits per heavy atom. The van der Waals surface area contributed by atoms with Gasteiger partial charge in [0.25, 0.3) is 0 Å². The van der Waals surface area contributed by atoms with E-state index in [2.05, 4.69) is 10.6 Å². The van der Waals surface area contributed by atoms with Crippen molar-refractivity contribution in [1.82, 2.24) is 15.2 Å². The summed E-state index contributed by atoms with van der Waals surface area (Å²) >= 11 is 0. The molecule has 0 aliphatic carbocycles. The van der Waals surface area contributed by atoms with E-state index in [4.69, 9.17) is 0 Å². The highest BCUT2D eigenvalue weighted by molar-refractivity contribution is 5.82. The lowest BCUT2D eigenvalue weighted by Gasteiger charge is -2.21. The zero-order chi connectivity index (χ0) is 11.6. The van der Waals surface area contributed by atoms with E-state index in [1.54, 1.807) is 0 Å². The van der Waals surface area contributed by atoms with E-state index in [1.165, 1.54) is 0 Å². The Hall–Kier alpha value is -1.29. The Bertz CT molecular complexity index is 377. The minimum atomic E-state index is -0.227. The van der Waals surface area contributed by atoms with Gasteiger partial charge in [0, 0.05) is 32.5 Å². The zero-order valence-electron chi connectivity index (χ0n) is 9.92. The first kappa shape index (κ1) is 11.2. The molecule has 1 saturated heterocycles. The fraction of sp³-hybridized carbons (Fsp3) is 0.583. The minimum Gasteiger partial charge on any atom is -0.357 e. The van der Waals surface area contributed by atoms with E-state index < -0.39 is 0 Å². The highest BCUT2D eigenvalue weighted by atomic mass is 16.2. The molecule has 2 rings (SSSR count). The second kappa shape index (κ2) is 4.29. The van der Waals surface area contributed by atoms with Gasteiger partial charge in [-0.15, -0.1) is 0 Å². The Morgan fingerprint density at radius 3 is 3.06 bits per heavy atom. The van der Waals surface area contributed by atoms with Crippen molar-refractivity contribution in [2.24, 2.45) is 12.5 Å². The summed E-state index contributed by atoms with van der Waals surface area (Å²) in [6.07, 6.45) is 4.93. The largest absolute Gasteiger partial charge is 0.357 e. The van der Waals surface area contributed by atoms with Crippen LogP contribution in [0.4, 0.5) is 0 Å². The molecule has 2 N–H and O–H groups in total. The van der Waals surface area contributed by atoms with Crippen LogP contribution in [0.25, 0.3) is 0 Å². The van der Waals surface area contributed by atoms with Gasteiger partial charge in [-0.1, -0.05) is 0 Å². The summed E-state index contributed by atoms with van der Waals surface area (Å²) in [6.45, 7) is 4.37. The molecule has 1 amide bonds. The van der Waals surface area contributed by atoms with Gasteiger partial charge in [-0.05, 0) is 31.5 Å². The maximum atomic E-state index is 12.0. The molecule has 1 aliphatic heterocycles. The summed E-state index contributed by atoms with van der Waals surface area (Å²) in [5, 5.41) is 6.23. The van der Waals surface area contributed by atoms with Crippen LogP contribution < -0.4 is 10.6 Å². The molecule has 0 bridgehead atoms. The number of aromatic nitrogens is 1. The molecule has 16 heavy (non-hydrogen) atoms. The fourth-order valence-corrected chi connectivity index (χ4v) is 2.07. The van der Waals surface area contributed by atoms with E-state index in [9.17, 15) is 4.79 Å². The van der Waals surface area contributed by atoms with Crippen molar-refractivity contribution in [3.05, 3.63) is 24.0 Å². The molecule has 0 aromatic carbocycles. The van der Waals surface area contributed by atoms with E-state index in [0.717, 1.165) is 25.1 Å². The maximum Gasteiger partial charge on any atom is 0.227 e. The number of carbonyl (C=O) groups is 1. The van der Waals surface area contributed by atoms with Gasteiger partial charge < -0.3 is 15.2 Å². The Kier molecular flexibility index (Phi) is 3.01. The number of nitrogens with one attached hydrogen (secondary N) is 2. The zero-order valence-corrected chi connectivity index (χ0v) is 9.92. The maximum absolute atomic E-state index is 12.0. The Labute approximate surface area is 96.0 Å². The lowest BCUT2D eigenvalue weighted by molar-refractivity contribution is -0.129. The third-order valence-corrected chi connectivity index (χ3v) is 3.26. The van der Waals surface area contributed by atoms with Crippen LogP contribution in [-0.4, -0.2) is 23.6 Å². The van der Waals surface area contributed by atoms with E-state index >= 15 is 0 Å². The molecule has 4 nitrogen and oxygen atoms in total. The van der Waals surface area contributed by atoms with E-state index in [0.29, 0.717) is 6.54 Å². The van der Waals surface area contributed by atoms with Gasteiger partial charge in [0.2, 0.25) is 5.91 Å². The summed E-state index contributed by atoms with van der Waals surface area (Å²) < 4.78 is 1.99. The number of aryl methyl sites for hydroxylation is 1. The molecule has 1 fully saturated rings. The molecule has 1 aromatic rings. The molecule has 0 spiro atoms.